The van der Waals surface area contributed by atoms with Crippen molar-refractivity contribution in [2.75, 3.05) is 7.11 Å². The Hall–Kier alpha value is -0.290. The normalized spacial score (nSPS) is 11.6. The van der Waals surface area contributed by atoms with Crippen LogP contribution in [0.3, 0.4) is 0 Å². The second-order valence-corrected chi connectivity index (χ2v) is 5.19. The Balaban J connectivity index is 3.03. The van der Waals surface area contributed by atoms with Crippen LogP contribution in [-0.4, -0.2) is 15.5 Å². The molecule has 6 heteroatoms. The van der Waals surface area contributed by atoms with Gasteiger partial charge in [0.15, 0.2) is 0 Å². The van der Waals surface area contributed by atoms with Crippen molar-refractivity contribution in [3.8, 4) is 0 Å². The molecule has 0 aliphatic heterocycles. The first-order valence-corrected chi connectivity index (χ1v) is 6.00. The molecule has 0 saturated carbocycles. The molecule has 0 N–H and O–H groups in total. The van der Waals surface area contributed by atoms with E-state index in [9.17, 15) is 8.42 Å². The lowest BCUT2D eigenvalue weighted by Crippen LogP contribution is -2.06. The van der Waals surface area contributed by atoms with Crippen molar-refractivity contribution >= 4 is 33.3 Å². The average Bonchev–Trinajstić information content (AvgIpc) is 2.11. The minimum atomic E-state index is -3.55. The summed E-state index contributed by atoms with van der Waals surface area (Å²) in [5, 5.41) is 0.797. The molecule has 14 heavy (non-hydrogen) atoms. The van der Waals surface area contributed by atoms with Gasteiger partial charge in [-0.05, 0) is 23.8 Å². The molecule has 0 aromatic heterocycles. The summed E-state index contributed by atoms with van der Waals surface area (Å²) in [5.74, 6) is -0.275. The van der Waals surface area contributed by atoms with Gasteiger partial charge in [-0.3, -0.25) is 4.18 Å². The van der Waals surface area contributed by atoms with Crippen LogP contribution in [0.15, 0.2) is 18.2 Å². The van der Waals surface area contributed by atoms with Gasteiger partial charge in [-0.1, -0.05) is 23.2 Å². The van der Waals surface area contributed by atoms with Crippen LogP contribution in [0, 0.1) is 0 Å². The predicted molar refractivity (Wildman–Crippen MR) is 56.1 cm³/mol. The molecule has 78 valence electrons. The van der Waals surface area contributed by atoms with Gasteiger partial charge >= 0.3 is 0 Å². The van der Waals surface area contributed by atoms with Gasteiger partial charge in [0.25, 0.3) is 10.1 Å². The molecule has 0 spiro atoms. The quantitative estimate of drug-likeness (QED) is 0.779. The Bertz CT molecular complexity index is 428. The van der Waals surface area contributed by atoms with Gasteiger partial charge in [-0.25, -0.2) is 0 Å². The fourth-order valence-corrected chi connectivity index (χ4v) is 2.10. The van der Waals surface area contributed by atoms with Gasteiger partial charge in [0.05, 0.1) is 7.11 Å². The molecule has 0 aliphatic carbocycles. The summed E-state index contributed by atoms with van der Waals surface area (Å²) in [6.45, 7) is 0. The average molecular weight is 255 g/mol. The summed E-state index contributed by atoms with van der Waals surface area (Å²) in [6.07, 6.45) is 0. The summed E-state index contributed by atoms with van der Waals surface area (Å²) in [4.78, 5) is 0. The van der Waals surface area contributed by atoms with Crippen LogP contribution in [0.25, 0.3) is 0 Å². The Morgan fingerprint density at radius 1 is 1.36 bits per heavy atom. The summed E-state index contributed by atoms with van der Waals surface area (Å²) >= 11 is 11.5. The van der Waals surface area contributed by atoms with Crippen molar-refractivity contribution in [3.05, 3.63) is 33.8 Å². The standard InChI is InChI=1S/C8H8Cl2O3S/c1-13-14(11,12)5-6-4-7(9)2-3-8(6)10/h2-4H,5H2,1H3. The topological polar surface area (TPSA) is 43.4 Å². The lowest BCUT2D eigenvalue weighted by Gasteiger charge is -2.04. The highest BCUT2D eigenvalue weighted by atomic mass is 35.5. The van der Waals surface area contributed by atoms with E-state index in [2.05, 4.69) is 4.18 Å². The van der Waals surface area contributed by atoms with E-state index in [0.29, 0.717) is 15.6 Å². The number of benzene rings is 1. The van der Waals surface area contributed by atoms with Crippen molar-refractivity contribution in [1.82, 2.24) is 0 Å². The third-order valence-corrected chi connectivity index (χ3v) is 3.37. The summed E-state index contributed by atoms with van der Waals surface area (Å²) in [5.41, 5.74) is 0.431. The Morgan fingerprint density at radius 2 is 2.00 bits per heavy atom. The SMILES string of the molecule is COS(=O)(=O)Cc1cc(Cl)ccc1Cl. The number of halogens is 2. The van der Waals surface area contributed by atoms with Gasteiger partial charge in [0.1, 0.15) is 5.75 Å². The third-order valence-electron chi connectivity index (χ3n) is 1.59. The molecular formula is C8H8Cl2O3S. The van der Waals surface area contributed by atoms with E-state index in [0.717, 1.165) is 7.11 Å². The zero-order valence-corrected chi connectivity index (χ0v) is 9.66. The second kappa shape index (κ2) is 4.49. The molecule has 1 aromatic rings. The molecule has 0 amide bonds. The van der Waals surface area contributed by atoms with E-state index < -0.39 is 10.1 Å². The van der Waals surface area contributed by atoms with Crippen LogP contribution in [-0.2, 0) is 20.1 Å². The minimum Gasteiger partial charge on any atom is -0.273 e. The second-order valence-electron chi connectivity index (χ2n) is 2.60. The molecule has 0 atom stereocenters. The van der Waals surface area contributed by atoms with Crippen molar-refractivity contribution < 1.29 is 12.6 Å². The van der Waals surface area contributed by atoms with E-state index >= 15 is 0 Å². The lowest BCUT2D eigenvalue weighted by atomic mass is 10.2. The largest absolute Gasteiger partial charge is 0.273 e. The van der Waals surface area contributed by atoms with Crippen LogP contribution in [0.2, 0.25) is 10.0 Å². The van der Waals surface area contributed by atoms with E-state index in [1.54, 1.807) is 12.1 Å². The van der Waals surface area contributed by atoms with Crippen LogP contribution >= 0.6 is 23.2 Å². The molecular weight excluding hydrogens is 247 g/mol. The van der Waals surface area contributed by atoms with Gasteiger partial charge in [-0.15, -0.1) is 0 Å². The molecule has 0 heterocycles. The smallest absolute Gasteiger partial charge is 0.271 e. The van der Waals surface area contributed by atoms with E-state index in [-0.39, 0.29) is 5.75 Å². The molecule has 0 aliphatic rings. The van der Waals surface area contributed by atoms with Crippen molar-refractivity contribution in [2.45, 2.75) is 5.75 Å². The molecule has 1 aromatic carbocycles. The van der Waals surface area contributed by atoms with Crippen molar-refractivity contribution in [2.24, 2.45) is 0 Å². The van der Waals surface area contributed by atoms with Gasteiger partial charge in [0.2, 0.25) is 0 Å². The highest BCUT2D eigenvalue weighted by molar-refractivity contribution is 7.85. The molecule has 1 rings (SSSR count). The monoisotopic (exact) mass is 254 g/mol. The van der Waals surface area contributed by atoms with Crippen LogP contribution in [0.1, 0.15) is 5.56 Å². The third kappa shape index (κ3) is 3.13. The Morgan fingerprint density at radius 3 is 2.57 bits per heavy atom. The number of hydrogen-bond acceptors (Lipinski definition) is 3. The maximum absolute atomic E-state index is 11.1. The zero-order valence-electron chi connectivity index (χ0n) is 7.33. The highest BCUT2D eigenvalue weighted by Crippen LogP contribution is 2.22. The first kappa shape index (κ1) is 11.8. The Labute approximate surface area is 92.7 Å². The molecule has 0 bridgehead atoms. The first-order chi connectivity index (χ1) is 6.44. The summed E-state index contributed by atoms with van der Waals surface area (Å²) < 4.78 is 26.5. The molecule has 0 fully saturated rings. The van der Waals surface area contributed by atoms with Crippen LogP contribution in [0.5, 0.6) is 0 Å². The number of rotatable bonds is 3. The fraction of sp³-hybridized carbons (Fsp3) is 0.250. The summed E-state index contributed by atoms with van der Waals surface area (Å²) in [7, 11) is -2.45. The molecule has 0 radical (unpaired) electrons. The molecule has 3 nitrogen and oxygen atoms in total. The van der Waals surface area contributed by atoms with E-state index in [4.69, 9.17) is 23.2 Å². The first-order valence-electron chi connectivity index (χ1n) is 3.67. The maximum Gasteiger partial charge on any atom is 0.271 e. The number of hydrogen-bond donors (Lipinski definition) is 0. The fourth-order valence-electron chi connectivity index (χ4n) is 0.903. The van der Waals surface area contributed by atoms with Crippen molar-refractivity contribution in [1.29, 1.82) is 0 Å². The van der Waals surface area contributed by atoms with Crippen LogP contribution < -0.4 is 0 Å². The lowest BCUT2D eigenvalue weighted by molar-refractivity contribution is 0.397. The Kier molecular flexibility index (Phi) is 3.78. The maximum atomic E-state index is 11.1. The van der Waals surface area contributed by atoms with E-state index in [1.807, 2.05) is 0 Å². The molecule has 0 saturated heterocycles. The zero-order chi connectivity index (χ0) is 10.8. The molecule has 0 unspecified atom stereocenters. The van der Waals surface area contributed by atoms with Crippen molar-refractivity contribution in [3.63, 3.8) is 0 Å². The van der Waals surface area contributed by atoms with Gasteiger partial charge < -0.3 is 0 Å². The highest BCUT2D eigenvalue weighted by Gasteiger charge is 2.13. The minimum absolute atomic E-state index is 0.275. The van der Waals surface area contributed by atoms with Crippen LogP contribution in [0.4, 0.5) is 0 Å². The van der Waals surface area contributed by atoms with Gasteiger partial charge in [-0.2, -0.15) is 8.42 Å². The van der Waals surface area contributed by atoms with Gasteiger partial charge in [0, 0.05) is 10.0 Å². The van der Waals surface area contributed by atoms with E-state index in [1.165, 1.54) is 6.07 Å². The predicted octanol–water partition coefficient (Wildman–Crippen LogP) is 2.47. The summed E-state index contributed by atoms with van der Waals surface area (Å²) in [6, 6.07) is 4.64.